The molecule has 0 bridgehead atoms. The Morgan fingerprint density at radius 2 is 1.94 bits per heavy atom. The van der Waals surface area contributed by atoms with Gasteiger partial charge in [0.2, 0.25) is 0 Å². The molecule has 9 heteroatoms. The molecule has 0 amide bonds. The lowest BCUT2D eigenvalue weighted by atomic mass is 9.94. The van der Waals surface area contributed by atoms with Crippen LogP contribution in [-0.2, 0) is 9.53 Å². The van der Waals surface area contributed by atoms with Crippen molar-refractivity contribution in [2.24, 2.45) is 4.99 Å². The Morgan fingerprint density at radius 3 is 2.60 bits per heavy atom. The second-order valence-corrected chi connectivity index (χ2v) is 8.86. The third-order valence-corrected chi connectivity index (χ3v) is 6.55. The number of rotatable bonds is 7. The third-order valence-electron chi connectivity index (χ3n) is 5.57. The van der Waals surface area contributed by atoms with Gasteiger partial charge in [0, 0.05) is 5.56 Å². The lowest BCUT2D eigenvalue weighted by Crippen LogP contribution is -2.40. The normalized spacial score (nSPS) is 15.5. The third kappa shape index (κ3) is 4.64. The number of fused-ring (bicyclic) bond motifs is 1. The average Bonchev–Trinajstić information content (AvgIpc) is 3.16. The molecular formula is C26H25FN2O5S. The van der Waals surface area contributed by atoms with Crippen molar-refractivity contribution in [2.75, 3.05) is 20.8 Å². The molecule has 1 unspecified atom stereocenters. The van der Waals surface area contributed by atoms with Crippen molar-refractivity contribution in [2.45, 2.75) is 26.3 Å². The molecule has 2 aromatic carbocycles. The maximum Gasteiger partial charge on any atom is 0.338 e. The summed E-state index contributed by atoms with van der Waals surface area (Å²) in [7, 11) is 2.83. The monoisotopic (exact) mass is 496 g/mol. The summed E-state index contributed by atoms with van der Waals surface area (Å²) in [5.41, 5.74) is 1.61. The van der Waals surface area contributed by atoms with Crippen molar-refractivity contribution >= 4 is 23.4 Å². The molecule has 0 spiro atoms. The van der Waals surface area contributed by atoms with Crippen LogP contribution in [0.25, 0.3) is 6.08 Å². The van der Waals surface area contributed by atoms with E-state index in [1.807, 2.05) is 6.92 Å². The second-order valence-electron chi connectivity index (χ2n) is 7.85. The number of nitrogens with zero attached hydrogens (tertiary/aromatic N) is 2. The van der Waals surface area contributed by atoms with Gasteiger partial charge >= 0.3 is 5.97 Å². The van der Waals surface area contributed by atoms with Gasteiger partial charge in [-0.3, -0.25) is 9.36 Å². The molecule has 0 saturated carbocycles. The molecular weight excluding hydrogens is 471 g/mol. The molecule has 4 rings (SSSR count). The van der Waals surface area contributed by atoms with Gasteiger partial charge in [-0.1, -0.05) is 42.5 Å². The van der Waals surface area contributed by atoms with E-state index in [9.17, 15) is 14.0 Å². The molecule has 0 radical (unpaired) electrons. The highest BCUT2D eigenvalue weighted by Gasteiger charge is 2.35. The summed E-state index contributed by atoms with van der Waals surface area (Å²) in [6.45, 7) is 4.12. The van der Waals surface area contributed by atoms with Crippen molar-refractivity contribution in [3.63, 3.8) is 0 Å². The molecule has 1 aliphatic heterocycles. The van der Waals surface area contributed by atoms with Gasteiger partial charge in [0.1, 0.15) is 11.9 Å². The lowest BCUT2D eigenvalue weighted by molar-refractivity contribution is -0.136. The maximum atomic E-state index is 13.7. The number of benzene rings is 2. The molecule has 182 valence electrons. The molecule has 1 aliphatic rings. The quantitative estimate of drug-likeness (QED) is 0.469. The largest absolute Gasteiger partial charge is 0.493 e. The SMILES string of the molecule is CCCOc1c(OC)cccc1C1C(C(=O)OC)=C(C)N=c2s/c(=C/c3ccc(F)cc3)c(=O)n21. The summed E-state index contributed by atoms with van der Waals surface area (Å²) < 4.78 is 31.9. The fourth-order valence-corrected chi connectivity index (χ4v) is 5.01. The Hall–Kier alpha value is -3.72. The van der Waals surface area contributed by atoms with E-state index in [1.54, 1.807) is 43.3 Å². The zero-order valence-electron chi connectivity index (χ0n) is 19.8. The van der Waals surface area contributed by atoms with Gasteiger partial charge in [-0.15, -0.1) is 0 Å². The standard InChI is InChI=1S/C26H25FN2O5S/c1-5-13-34-23-18(7-6-8-19(23)32-3)22-21(25(31)33-4)15(2)28-26-29(22)24(30)20(35-26)14-16-9-11-17(27)12-10-16/h6-12,14,22H,5,13H2,1-4H3/b20-14+. The predicted octanol–water partition coefficient (Wildman–Crippen LogP) is 3.34. The number of para-hydroxylation sites is 1. The molecule has 7 nitrogen and oxygen atoms in total. The minimum absolute atomic E-state index is 0.239. The van der Waals surface area contributed by atoms with E-state index in [0.29, 0.717) is 44.3 Å². The minimum Gasteiger partial charge on any atom is -0.493 e. The Labute approximate surface area is 205 Å². The van der Waals surface area contributed by atoms with Crippen LogP contribution in [-0.4, -0.2) is 31.4 Å². The number of aromatic nitrogens is 1. The van der Waals surface area contributed by atoms with Crippen LogP contribution >= 0.6 is 11.3 Å². The summed E-state index contributed by atoms with van der Waals surface area (Å²) >= 11 is 1.19. The highest BCUT2D eigenvalue weighted by atomic mass is 32.1. The molecule has 3 aromatic rings. The van der Waals surface area contributed by atoms with Crippen molar-refractivity contribution in [3.05, 3.63) is 90.4 Å². The first-order chi connectivity index (χ1) is 16.9. The van der Waals surface area contributed by atoms with Gasteiger partial charge in [0.05, 0.1) is 36.6 Å². The van der Waals surface area contributed by atoms with E-state index in [4.69, 9.17) is 14.2 Å². The molecule has 1 atom stereocenters. The Morgan fingerprint density at radius 1 is 1.20 bits per heavy atom. The summed E-state index contributed by atoms with van der Waals surface area (Å²) in [5.74, 6) is -0.0118. The van der Waals surface area contributed by atoms with Gasteiger partial charge in [-0.05, 0) is 43.2 Å². The van der Waals surface area contributed by atoms with Gasteiger partial charge in [-0.25, -0.2) is 14.2 Å². The number of carbonyl (C=O) groups excluding carboxylic acids is 1. The highest BCUT2D eigenvalue weighted by molar-refractivity contribution is 7.07. The molecule has 0 aliphatic carbocycles. The first kappa shape index (κ1) is 24.4. The van der Waals surface area contributed by atoms with Crippen LogP contribution in [0.1, 0.15) is 37.4 Å². The average molecular weight is 497 g/mol. The predicted molar refractivity (Wildman–Crippen MR) is 131 cm³/mol. The summed E-state index contributed by atoms with van der Waals surface area (Å²) in [5, 5.41) is 0. The molecule has 35 heavy (non-hydrogen) atoms. The lowest BCUT2D eigenvalue weighted by Gasteiger charge is -2.26. The van der Waals surface area contributed by atoms with Gasteiger partial charge in [-0.2, -0.15) is 0 Å². The topological polar surface area (TPSA) is 79.1 Å². The van der Waals surface area contributed by atoms with Crippen LogP contribution in [0, 0.1) is 5.82 Å². The second kappa shape index (κ2) is 10.3. The van der Waals surface area contributed by atoms with E-state index in [0.717, 1.165) is 6.42 Å². The number of esters is 1. The summed E-state index contributed by atoms with van der Waals surface area (Å²) in [4.78, 5) is 31.6. The fraction of sp³-hybridized carbons (Fsp3) is 0.269. The van der Waals surface area contributed by atoms with E-state index < -0.39 is 12.0 Å². The Balaban J connectivity index is 2.00. The van der Waals surface area contributed by atoms with Crippen LogP contribution in [0.15, 0.2) is 63.5 Å². The summed E-state index contributed by atoms with van der Waals surface area (Å²) in [6, 6.07) is 10.4. The van der Waals surface area contributed by atoms with Crippen molar-refractivity contribution in [3.8, 4) is 11.5 Å². The van der Waals surface area contributed by atoms with Crippen LogP contribution < -0.4 is 24.4 Å². The number of methoxy groups -OCH3 is 2. The van der Waals surface area contributed by atoms with E-state index in [-0.39, 0.29) is 16.9 Å². The number of ether oxygens (including phenoxy) is 3. The fourth-order valence-electron chi connectivity index (χ4n) is 3.96. The molecule has 0 N–H and O–H groups in total. The van der Waals surface area contributed by atoms with Gasteiger partial charge < -0.3 is 14.2 Å². The molecule has 1 aromatic heterocycles. The molecule has 2 heterocycles. The van der Waals surface area contributed by atoms with Crippen molar-refractivity contribution < 1.29 is 23.4 Å². The van der Waals surface area contributed by atoms with Gasteiger partial charge in [0.25, 0.3) is 5.56 Å². The van der Waals surface area contributed by atoms with E-state index >= 15 is 0 Å². The zero-order valence-corrected chi connectivity index (χ0v) is 20.6. The Bertz CT molecular complexity index is 1470. The van der Waals surface area contributed by atoms with Crippen molar-refractivity contribution in [1.29, 1.82) is 0 Å². The summed E-state index contributed by atoms with van der Waals surface area (Å²) in [6.07, 6.45) is 2.44. The smallest absolute Gasteiger partial charge is 0.338 e. The van der Waals surface area contributed by atoms with Crippen LogP contribution in [0.2, 0.25) is 0 Å². The number of halogens is 1. The van der Waals surface area contributed by atoms with Crippen LogP contribution in [0.5, 0.6) is 11.5 Å². The van der Waals surface area contributed by atoms with Crippen molar-refractivity contribution in [1.82, 2.24) is 4.57 Å². The van der Waals surface area contributed by atoms with E-state index in [1.165, 1.54) is 42.3 Å². The minimum atomic E-state index is -0.837. The first-order valence-corrected chi connectivity index (χ1v) is 11.9. The number of carbonyl (C=O) groups is 1. The number of thiazole rings is 1. The molecule has 0 saturated heterocycles. The molecule has 0 fully saturated rings. The maximum absolute atomic E-state index is 13.7. The first-order valence-electron chi connectivity index (χ1n) is 11.1. The van der Waals surface area contributed by atoms with Crippen LogP contribution in [0.3, 0.4) is 0 Å². The van der Waals surface area contributed by atoms with Crippen LogP contribution in [0.4, 0.5) is 4.39 Å². The van der Waals surface area contributed by atoms with E-state index in [2.05, 4.69) is 4.99 Å². The number of hydrogen-bond donors (Lipinski definition) is 0. The number of allylic oxidation sites excluding steroid dienone is 1. The van der Waals surface area contributed by atoms with Gasteiger partial charge in [0.15, 0.2) is 16.3 Å². The zero-order chi connectivity index (χ0) is 25.1. The highest BCUT2D eigenvalue weighted by Crippen LogP contribution is 2.40. The number of hydrogen-bond acceptors (Lipinski definition) is 7. The Kier molecular flexibility index (Phi) is 7.16.